The van der Waals surface area contributed by atoms with Crippen LogP contribution in [0.5, 0.6) is 0 Å². The average molecular weight is 260 g/mol. The zero-order valence-corrected chi connectivity index (χ0v) is 11.2. The SMILES string of the molecule is CN1C(=O)N(CC2CCNC2)CC1c1ccccn1. The van der Waals surface area contributed by atoms with Crippen molar-refractivity contribution >= 4 is 6.03 Å². The molecule has 5 heteroatoms. The van der Waals surface area contributed by atoms with Gasteiger partial charge in [0.15, 0.2) is 0 Å². The molecule has 0 spiro atoms. The lowest BCUT2D eigenvalue weighted by Crippen LogP contribution is -2.34. The van der Waals surface area contributed by atoms with E-state index >= 15 is 0 Å². The van der Waals surface area contributed by atoms with E-state index in [1.54, 1.807) is 6.20 Å². The molecule has 1 aromatic rings. The van der Waals surface area contributed by atoms with Gasteiger partial charge in [-0.3, -0.25) is 4.98 Å². The fraction of sp³-hybridized carbons (Fsp3) is 0.571. The van der Waals surface area contributed by atoms with Gasteiger partial charge in [-0.1, -0.05) is 6.07 Å². The van der Waals surface area contributed by atoms with Gasteiger partial charge in [0.2, 0.25) is 0 Å². The molecule has 2 atom stereocenters. The normalized spacial score (nSPS) is 27.3. The minimum absolute atomic E-state index is 0.0862. The molecule has 0 saturated carbocycles. The van der Waals surface area contributed by atoms with Gasteiger partial charge in [-0.05, 0) is 37.6 Å². The number of hydrogen-bond donors (Lipinski definition) is 1. The minimum atomic E-state index is 0.0862. The molecule has 2 aliphatic heterocycles. The molecule has 0 aromatic carbocycles. The fourth-order valence-electron chi connectivity index (χ4n) is 2.97. The van der Waals surface area contributed by atoms with E-state index in [1.165, 1.54) is 6.42 Å². The molecule has 1 aromatic heterocycles. The zero-order chi connectivity index (χ0) is 13.2. The van der Waals surface area contributed by atoms with Crippen LogP contribution in [0.1, 0.15) is 18.2 Å². The number of hydrogen-bond acceptors (Lipinski definition) is 3. The molecule has 2 aliphatic rings. The van der Waals surface area contributed by atoms with Crippen LogP contribution in [0.25, 0.3) is 0 Å². The fourth-order valence-corrected chi connectivity index (χ4v) is 2.97. The summed E-state index contributed by atoms with van der Waals surface area (Å²) in [6, 6.07) is 6.09. The van der Waals surface area contributed by atoms with Crippen LogP contribution in [0.2, 0.25) is 0 Å². The Labute approximate surface area is 113 Å². The Morgan fingerprint density at radius 1 is 1.47 bits per heavy atom. The highest BCUT2D eigenvalue weighted by Gasteiger charge is 2.37. The molecular weight excluding hydrogens is 240 g/mol. The summed E-state index contributed by atoms with van der Waals surface area (Å²) in [6.45, 7) is 3.72. The molecule has 2 saturated heterocycles. The topological polar surface area (TPSA) is 48.5 Å². The van der Waals surface area contributed by atoms with Crippen molar-refractivity contribution in [2.45, 2.75) is 12.5 Å². The van der Waals surface area contributed by atoms with Crippen LogP contribution in [0, 0.1) is 5.92 Å². The van der Waals surface area contributed by atoms with Crippen LogP contribution in [0.4, 0.5) is 4.79 Å². The first-order valence-corrected chi connectivity index (χ1v) is 6.89. The van der Waals surface area contributed by atoms with Gasteiger partial charge in [-0.15, -0.1) is 0 Å². The first-order chi connectivity index (χ1) is 9.25. The van der Waals surface area contributed by atoms with E-state index in [4.69, 9.17) is 0 Å². The second-order valence-electron chi connectivity index (χ2n) is 5.43. The highest BCUT2D eigenvalue weighted by Crippen LogP contribution is 2.27. The summed E-state index contributed by atoms with van der Waals surface area (Å²) in [5.74, 6) is 0.597. The molecule has 19 heavy (non-hydrogen) atoms. The van der Waals surface area contributed by atoms with Crippen LogP contribution in [0.3, 0.4) is 0 Å². The molecule has 102 valence electrons. The lowest BCUT2D eigenvalue weighted by molar-refractivity contribution is 0.190. The number of carbonyl (C=O) groups is 1. The highest BCUT2D eigenvalue weighted by atomic mass is 16.2. The van der Waals surface area contributed by atoms with E-state index in [9.17, 15) is 4.79 Å². The van der Waals surface area contributed by atoms with Crippen molar-refractivity contribution in [3.8, 4) is 0 Å². The summed E-state index contributed by atoms with van der Waals surface area (Å²) in [7, 11) is 1.87. The standard InChI is InChI=1S/C14H20N4O/c1-17-13(12-4-2-3-6-16-12)10-18(14(17)19)9-11-5-7-15-8-11/h2-4,6,11,13,15H,5,7-10H2,1H3. The van der Waals surface area contributed by atoms with Crippen molar-refractivity contribution in [1.29, 1.82) is 0 Å². The number of amides is 2. The molecule has 3 rings (SSSR count). The Balaban J connectivity index is 1.70. The maximum absolute atomic E-state index is 12.3. The summed E-state index contributed by atoms with van der Waals surface area (Å²) in [5.41, 5.74) is 0.977. The minimum Gasteiger partial charge on any atom is -0.322 e. The zero-order valence-electron chi connectivity index (χ0n) is 11.2. The molecule has 0 radical (unpaired) electrons. The molecular formula is C14H20N4O. The molecule has 0 bridgehead atoms. The lowest BCUT2D eigenvalue weighted by atomic mass is 10.1. The lowest BCUT2D eigenvalue weighted by Gasteiger charge is -2.19. The van der Waals surface area contributed by atoms with Gasteiger partial charge in [0.1, 0.15) is 0 Å². The second kappa shape index (κ2) is 5.17. The summed E-state index contributed by atoms with van der Waals surface area (Å²) in [6.07, 6.45) is 2.96. The molecule has 0 aliphatic carbocycles. The molecule has 3 heterocycles. The van der Waals surface area contributed by atoms with Crippen molar-refractivity contribution in [2.24, 2.45) is 5.92 Å². The Kier molecular flexibility index (Phi) is 3.38. The maximum atomic E-state index is 12.3. The Morgan fingerprint density at radius 3 is 3.05 bits per heavy atom. The quantitative estimate of drug-likeness (QED) is 0.885. The van der Waals surface area contributed by atoms with Gasteiger partial charge < -0.3 is 15.1 Å². The number of urea groups is 1. The van der Waals surface area contributed by atoms with Gasteiger partial charge in [-0.2, -0.15) is 0 Å². The Hall–Kier alpha value is -1.62. The van der Waals surface area contributed by atoms with Crippen molar-refractivity contribution in [1.82, 2.24) is 20.1 Å². The summed E-state index contributed by atoms with van der Waals surface area (Å²) in [5, 5.41) is 3.35. The molecule has 1 N–H and O–H groups in total. The van der Waals surface area contributed by atoms with Gasteiger partial charge >= 0.3 is 6.03 Å². The maximum Gasteiger partial charge on any atom is 0.320 e. The molecule has 2 amide bonds. The molecule has 2 unspecified atom stereocenters. The summed E-state index contributed by atoms with van der Waals surface area (Å²) >= 11 is 0. The van der Waals surface area contributed by atoms with Crippen molar-refractivity contribution in [2.75, 3.05) is 33.2 Å². The highest BCUT2D eigenvalue weighted by molar-refractivity contribution is 5.77. The third kappa shape index (κ3) is 2.42. The summed E-state index contributed by atoms with van der Waals surface area (Å²) < 4.78 is 0. The smallest absolute Gasteiger partial charge is 0.320 e. The monoisotopic (exact) mass is 260 g/mol. The number of nitrogens with one attached hydrogen (secondary N) is 1. The average Bonchev–Trinajstić information content (AvgIpc) is 3.04. The Morgan fingerprint density at radius 2 is 2.37 bits per heavy atom. The number of likely N-dealkylation sites (N-methyl/N-ethyl adjacent to an activating group) is 1. The van der Waals surface area contributed by atoms with E-state index in [2.05, 4.69) is 10.3 Å². The number of aromatic nitrogens is 1. The van der Waals surface area contributed by atoms with Gasteiger partial charge in [-0.25, -0.2) is 4.79 Å². The largest absolute Gasteiger partial charge is 0.322 e. The predicted octanol–water partition coefficient (Wildman–Crippen LogP) is 1.10. The van der Waals surface area contributed by atoms with E-state index in [0.29, 0.717) is 5.92 Å². The first-order valence-electron chi connectivity index (χ1n) is 6.89. The van der Waals surface area contributed by atoms with E-state index in [-0.39, 0.29) is 12.1 Å². The van der Waals surface area contributed by atoms with E-state index < -0.39 is 0 Å². The van der Waals surface area contributed by atoms with Crippen LogP contribution in [0.15, 0.2) is 24.4 Å². The molecule has 2 fully saturated rings. The predicted molar refractivity (Wildman–Crippen MR) is 72.7 cm³/mol. The van der Waals surface area contributed by atoms with Crippen LogP contribution < -0.4 is 5.32 Å². The van der Waals surface area contributed by atoms with Crippen molar-refractivity contribution < 1.29 is 4.79 Å². The van der Waals surface area contributed by atoms with Crippen LogP contribution in [-0.2, 0) is 0 Å². The van der Waals surface area contributed by atoms with Gasteiger partial charge in [0.05, 0.1) is 11.7 Å². The number of pyridine rings is 1. The van der Waals surface area contributed by atoms with Gasteiger partial charge in [0, 0.05) is 26.3 Å². The third-order valence-electron chi connectivity index (χ3n) is 4.10. The Bertz CT molecular complexity index is 444. The van der Waals surface area contributed by atoms with Crippen LogP contribution in [-0.4, -0.2) is 54.0 Å². The van der Waals surface area contributed by atoms with Crippen molar-refractivity contribution in [3.05, 3.63) is 30.1 Å². The number of carbonyl (C=O) groups excluding carboxylic acids is 1. The first kappa shape index (κ1) is 12.4. The summed E-state index contributed by atoms with van der Waals surface area (Å²) in [4.78, 5) is 20.4. The van der Waals surface area contributed by atoms with Crippen molar-refractivity contribution in [3.63, 3.8) is 0 Å². The number of nitrogens with zero attached hydrogens (tertiary/aromatic N) is 3. The van der Waals surface area contributed by atoms with Gasteiger partial charge in [0.25, 0.3) is 0 Å². The third-order valence-corrected chi connectivity index (χ3v) is 4.10. The van der Waals surface area contributed by atoms with E-state index in [0.717, 1.165) is 31.9 Å². The second-order valence-corrected chi connectivity index (χ2v) is 5.43. The van der Waals surface area contributed by atoms with E-state index in [1.807, 2.05) is 35.0 Å². The number of rotatable bonds is 3. The molecule has 5 nitrogen and oxygen atoms in total. The van der Waals surface area contributed by atoms with Crippen LogP contribution >= 0.6 is 0 Å².